The second-order valence-corrected chi connectivity index (χ2v) is 1.06. The number of aliphatic carboxylic acids is 1. The van der Waals surface area contributed by atoms with E-state index in [0.29, 0.717) is 0 Å². The third-order valence-corrected chi connectivity index (χ3v) is 0.566. The van der Waals surface area contributed by atoms with Crippen molar-refractivity contribution in [1.29, 1.82) is 0 Å². The Hall–Kier alpha value is 0.132. The SMILES string of the molecule is O=C(O)[CH2][Pd]. The molecule has 1 N–H and O–H groups in total. The van der Waals surface area contributed by atoms with Gasteiger partial charge in [-0.15, -0.1) is 0 Å². The molecule has 2 nitrogen and oxygen atoms in total. The molecule has 0 saturated heterocycles. The molecule has 0 amide bonds. The molecule has 0 aromatic carbocycles. The van der Waals surface area contributed by atoms with Crippen molar-refractivity contribution in [3.8, 4) is 0 Å². The number of carboxylic acids is 1. The predicted molar refractivity (Wildman–Crippen MR) is 12.4 cm³/mol. The molecule has 0 unspecified atom stereocenters. The third-order valence-electron chi connectivity index (χ3n) is 0.0956. The van der Waals surface area contributed by atoms with Crippen molar-refractivity contribution in [1.82, 2.24) is 0 Å². The van der Waals surface area contributed by atoms with Gasteiger partial charge in [0.2, 0.25) is 0 Å². The van der Waals surface area contributed by atoms with E-state index in [1.54, 1.807) is 0 Å². The Bertz CT molecular complexity index is 42.9. The Morgan fingerprint density at radius 1 is 2.00 bits per heavy atom. The van der Waals surface area contributed by atoms with Crippen LogP contribution in [0.15, 0.2) is 0 Å². The van der Waals surface area contributed by atoms with Gasteiger partial charge < -0.3 is 0 Å². The van der Waals surface area contributed by atoms with Crippen molar-refractivity contribution in [3.05, 3.63) is 0 Å². The van der Waals surface area contributed by atoms with Crippen molar-refractivity contribution in [2.24, 2.45) is 0 Å². The summed E-state index contributed by atoms with van der Waals surface area (Å²) < 4.78 is 0. The summed E-state index contributed by atoms with van der Waals surface area (Å²) in [6, 6.07) is 0. The van der Waals surface area contributed by atoms with E-state index in [1.807, 2.05) is 0 Å². The van der Waals surface area contributed by atoms with Gasteiger partial charge in [0.25, 0.3) is 0 Å². The Balaban J connectivity index is 2.85. The fourth-order valence-corrected chi connectivity index (χ4v) is 0. The Morgan fingerprint density at radius 2 is 2.20 bits per heavy atom. The van der Waals surface area contributed by atoms with Crippen LogP contribution in [0, 0.1) is 0 Å². The zero-order chi connectivity index (χ0) is 4.28. The maximum absolute atomic E-state index is 9.33. The zero-order valence-electron chi connectivity index (χ0n) is 2.38. The van der Waals surface area contributed by atoms with Crippen LogP contribution < -0.4 is 0 Å². The summed E-state index contributed by atoms with van der Waals surface area (Å²) in [6.07, 6.45) is 0. The number of carbonyl (C=O) groups is 1. The molecule has 0 heterocycles. The van der Waals surface area contributed by atoms with Crippen LogP contribution >= 0.6 is 0 Å². The fraction of sp³-hybridized carbons (Fsp3) is 0.500. The van der Waals surface area contributed by atoms with E-state index in [9.17, 15) is 4.79 Å². The Morgan fingerprint density at radius 3 is 2.20 bits per heavy atom. The van der Waals surface area contributed by atoms with E-state index in [-0.39, 0.29) is 4.89 Å². The normalized spacial score (nSPS) is 7.60. The van der Waals surface area contributed by atoms with E-state index in [0.717, 1.165) is 0 Å². The van der Waals surface area contributed by atoms with Crippen LogP contribution in [0.2, 0.25) is 4.89 Å². The van der Waals surface area contributed by atoms with Crippen molar-refractivity contribution in [2.75, 3.05) is 0 Å². The molecule has 0 aromatic rings. The monoisotopic (exact) mass is 165 g/mol. The second-order valence-electron chi connectivity index (χ2n) is 0.506. The van der Waals surface area contributed by atoms with E-state index >= 15 is 0 Å². The first kappa shape index (κ1) is 5.13. The maximum atomic E-state index is 9.33. The molecule has 0 aliphatic carbocycles. The molecule has 33 valence electrons. The molecule has 0 radical (unpaired) electrons. The van der Waals surface area contributed by atoms with Crippen molar-refractivity contribution in [3.63, 3.8) is 0 Å². The standard InChI is InChI=1S/C2H3O2.Pd/c1-2(3)4;/h1H2,(H,3,4);. The van der Waals surface area contributed by atoms with Gasteiger partial charge in [-0.2, -0.15) is 0 Å². The Labute approximate surface area is 40.6 Å². The molecule has 0 fully saturated rings. The minimum atomic E-state index is -0.812. The van der Waals surface area contributed by atoms with Crippen LogP contribution in [0.4, 0.5) is 0 Å². The van der Waals surface area contributed by atoms with Crippen LogP contribution in [0.25, 0.3) is 0 Å². The first-order valence-corrected chi connectivity index (χ1v) is 2.10. The van der Waals surface area contributed by atoms with Crippen LogP contribution in [-0.4, -0.2) is 11.1 Å². The van der Waals surface area contributed by atoms with Crippen molar-refractivity contribution < 1.29 is 29.1 Å². The molecule has 0 aliphatic rings. The van der Waals surface area contributed by atoms with Crippen LogP contribution in [0.3, 0.4) is 0 Å². The minimum absolute atomic E-state index is 0.0722. The van der Waals surface area contributed by atoms with Crippen LogP contribution in [0.5, 0.6) is 0 Å². The van der Waals surface area contributed by atoms with Crippen molar-refractivity contribution in [2.45, 2.75) is 4.89 Å². The van der Waals surface area contributed by atoms with Gasteiger partial charge in [0, 0.05) is 0 Å². The van der Waals surface area contributed by atoms with Gasteiger partial charge in [0.1, 0.15) is 0 Å². The summed E-state index contributed by atoms with van der Waals surface area (Å²) in [5.74, 6) is -0.812. The molecule has 3 heteroatoms. The van der Waals surface area contributed by atoms with Gasteiger partial charge in [-0.1, -0.05) is 0 Å². The van der Waals surface area contributed by atoms with Crippen LogP contribution in [-0.2, 0) is 24.0 Å². The van der Waals surface area contributed by atoms with Gasteiger partial charge in [-0.05, 0) is 0 Å². The van der Waals surface area contributed by atoms with Gasteiger partial charge in [-0.25, -0.2) is 0 Å². The van der Waals surface area contributed by atoms with Gasteiger partial charge >= 0.3 is 40.0 Å². The summed E-state index contributed by atoms with van der Waals surface area (Å²) >= 11 is 2.49. The average molecular weight is 165 g/mol. The summed E-state index contributed by atoms with van der Waals surface area (Å²) in [6.45, 7) is 0. The van der Waals surface area contributed by atoms with E-state index in [1.165, 1.54) is 0 Å². The molecule has 0 aliphatic heterocycles. The molecule has 5 heavy (non-hydrogen) atoms. The number of carboxylic acid groups (broad SMARTS) is 1. The Kier molecular flexibility index (Phi) is 2.44. The van der Waals surface area contributed by atoms with Gasteiger partial charge in [0.05, 0.1) is 0 Å². The molecule has 0 bridgehead atoms. The molecule has 0 atom stereocenters. The molecule has 0 rings (SSSR count). The fourth-order valence-electron chi connectivity index (χ4n) is 0. The van der Waals surface area contributed by atoms with Crippen molar-refractivity contribution >= 4 is 5.97 Å². The molecular formula is C2H3O2Pd. The molecular weight excluding hydrogens is 162 g/mol. The van der Waals surface area contributed by atoms with Gasteiger partial charge in [0.15, 0.2) is 0 Å². The second kappa shape index (κ2) is 2.37. The van der Waals surface area contributed by atoms with E-state index in [2.05, 4.69) is 19.2 Å². The summed E-state index contributed by atoms with van der Waals surface area (Å²) in [4.78, 5) is 9.40. The first-order chi connectivity index (χ1) is 2.27. The molecule has 0 aromatic heterocycles. The average Bonchev–Trinajstić information content (AvgIpc) is 1.38. The van der Waals surface area contributed by atoms with Gasteiger partial charge in [-0.3, -0.25) is 0 Å². The third kappa shape index (κ3) is 4.13. The first-order valence-electron chi connectivity index (χ1n) is 1.00. The topological polar surface area (TPSA) is 37.3 Å². The number of hydrogen-bond donors (Lipinski definition) is 1. The van der Waals surface area contributed by atoms with Crippen LogP contribution in [0.1, 0.15) is 0 Å². The molecule has 0 spiro atoms. The summed E-state index contributed by atoms with van der Waals surface area (Å²) in [5.41, 5.74) is 0. The van der Waals surface area contributed by atoms with E-state index < -0.39 is 5.97 Å². The number of hydrogen-bond acceptors (Lipinski definition) is 1. The zero-order valence-corrected chi connectivity index (χ0v) is 3.93. The summed E-state index contributed by atoms with van der Waals surface area (Å²) in [7, 11) is 0. The predicted octanol–water partition coefficient (Wildman–Crippen LogP) is 0.0361. The summed E-state index contributed by atoms with van der Waals surface area (Å²) in [5, 5.41) is 7.68. The molecule has 0 saturated carbocycles. The quantitative estimate of drug-likeness (QED) is 0.557. The van der Waals surface area contributed by atoms with E-state index in [4.69, 9.17) is 5.11 Å². The number of rotatable bonds is 1.